The molecule has 2 atom stereocenters. The third kappa shape index (κ3) is 9.44. The first-order chi connectivity index (χ1) is 13.9. The van der Waals surface area contributed by atoms with Gasteiger partial charge in [0.05, 0.1) is 0 Å². The molecule has 0 radical (unpaired) electrons. The molecule has 0 aliphatic heterocycles. The predicted molar refractivity (Wildman–Crippen MR) is 110 cm³/mol. The van der Waals surface area contributed by atoms with E-state index in [9.17, 15) is 24.3 Å². The molecular weight excluding hydrogens is 398 g/mol. The molecule has 2 amide bonds. The minimum absolute atomic E-state index is 0.128. The smallest absolute Gasteiger partial charge is 0.326 e. The molecule has 1 aromatic rings. The van der Waals surface area contributed by atoms with Gasteiger partial charge in [-0.3, -0.25) is 14.4 Å². The summed E-state index contributed by atoms with van der Waals surface area (Å²) >= 11 is 4.05. The SMILES string of the molecule is NCCCC[C@H](NC(=O)[C@H](CCS)NC(=O)C(=O)COc1ccccc1)C(=O)O. The van der Waals surface area contributed by atoms with Crippen molar-refractivity contribution in [3.63, 3.8) is 0 Å². The molecule has 0 fully saturated rings. The summed E-state index contributed by atoms with van der Waals surface area (Å²) in [5.74, 6) is -3.04. The van der Waals surface area contributed by atoms with Crippen molar-refractivity contribution in [3.05, 3.63) is 30.3 Å². The topological polar surface area (TPSA) is 148 Å². The average Bonchev–Trinajstić information content (AvgIpc) is 2.71. The standard InChI is InChI=1S/C19H27N3O6S/c20-10-5-4-8-15(19(26)27)22-17(24)14(9-11-29)21-18(25)16(23)12-28-13-6-2-1-3-7-13/h1-3,6-7,14-15,29H,4-5,8-12,20H2,(H,21,25)(H,22,24)(H,26,27)/t14-,15-/m0/s1. The van der Waals surface area contributed by atoms with Crippen molar-refractivity contribution in [2.45, 2.75) is 37.8 Å². The van der Waals surface area contributed by atoms with E-state index in [4.69, 9.17) is 10.5 Å². The maximum Gasteiger partial charge on any atom is 0.326 e. The summed E-state index contributed by atoms with van der Waals surface area (Å²) in [5, 5.41) is 14.0. The molecule has 5 N–H and O–H groups in total. The zero-order valence-electron chi connectivity index (χ0n) is 16.0. The number of carbonyl (C=O) groups is 4. The fraction of sp³-hybridized carbons (Fsp3) is 0.474. The van der Waals surface area contributed by atoms with Crippen molar-refractivity contribution < 1.29 is 29.0 Å². The highest BCUT2D eigenvalue weighted by Gasteiger charge is 2.27. The van der Waals surface area contributed by atoms with Crippen LogP contribution < -0.4 is 21.1 Å². The molecule has 0 aromatic heterocycles. The molecule has 1 rings (SSSR count). The number of amides is 2. The quantitative estimate of drug-likeness (QED) is 0.162. The van der Waals surface area contributed by atoms with Crippen LogP contribution in [0.15, 0.2) is 30.3 Å². The van der Waals surface area contributed by atoms with Gasteiger partial charge in [-0.05, 0) is 50.1 Å². The van der Waals surface area contributed by atoms with Crippen molar-refractivity contribution in [1.82, 2.24) is 10.6 Å². The van der Waals surface area contributed by atoms with Crippen LogP contribution in [0.5, 0.6) is 5.75 Å². The number of ether oxygens (including phenoxy) is 1. The molecule has 0 bridgehead atoms. The molecule has 0 saturated heterocycles. The van der Waals surface area contributed by atoms with Gasteiger partial charge in [0.15, 0.2) is 6.61 Å². The third-order valence-electron chi connectivity index (χ3n) is 3.97. The summed E-state index contributed by atoms with van der Waals surface area (Å²) in [6.07, 6.45) is 1.51. The molecule has 1 aromatic carbocycles. The number of nitrogens with two attached hydrogens (primary N) is 1. The van der Waals surface area contributed by atoms with Gasteiger partial charge < -0.3 is 26.2 Å². The summed E-state index contributed by atoms with van der Waals surface area (Å²) in [6, 6.07) is 6.31. The second-order valence-electron chi connectivity index (χ2n) is 6.25. The van der Waals surface area contributed by atoms with Gasteiger partial charge in [-0.15, -0.1) is 0 Å². The van der Waals surface area contributed by atoms with Crippen molar-refractivity contribution in [2.75, 3.05) is 18.9 Å². The Hall–Kier alpha value is -2.59. The van der Waals surface area contributed by atoms with Crippen molar-refractivity contribution in [2.24, 2.45) is 5.73 Å². The number of hydrogen-bond donors (Lipinski definition) is 5. The second kappa shape index (κ2) is 13.6. The summed E-state index contributed by atoms with van der Waals surface area (Å²) in [4.78, 5) is 47.9. The van der Waals surface area contributed by atoms with Gasteiger partial charge in [-0.25, -0.2) is 4.79 Å². The first-order valence-corrected chi connectivity index (χ1v) is 9.88. The number of Topliss-reactive ketones (excluding diaryl/α,β-unsaturated/α-hetero) is 1. The molecule has 29 heavy (non-hydrogen) atoms. The molecule has 0 spiro atoms. The van der Waals surface area contributed by atoms with Crippen LogP contribution in [-0.4, -0.2) is 59.7 Å². The Bertz CT molecular complexity index is 686. The number of nitrogens with one attached hydrogen (secondary N) is 2. The van der Waals surface area contributed by atoms with Crippen LogP contribution in [0.3, 0.4) is 0 Å². The number of thiol groups is 1. The minimum Gasteiger partial charge on any atom is -0.485 e. The molecule has 0 heterocycles. The molecular formula is C19H27N3O6S. The maximum absolute atomic E-state index is 12.4. The Kier molecular flexibility index (Phi) is 11.4. The maximum atomic E-state index is 12.4. The summed E-state index contributed by atoms with van der Waals surface area (Å²) in [5.41, 5.74) is 5.39. The van der Waals surface area contributed by atoms with E-state index in [2.05, 4.69) is 23.3 Å². The van der Waals surface area contributed by atoms with Crippen LogP contribution >= 0.6 is 12.6 Å². The van der Waals surface area contributed by atoms with E-state index in [1.165, 1.54) is 0 Å². The minimum atomic E-state index is -1.18. The van der Waals surface area contributed by atoms with Gasteiger partial charge in [-0.2, -0.15) is 12.6 Å². The summed E-state index contributed by atoms with van der Waals surface area (Å²) in [6.45, 7) is -0.0618. The number of carbonyl (C=O) groups excluding carboxylic acids is 3. The zero-order valence-corrected chi connectivity index (χ0v) is 16.9. The lowest BCUT2D eigenvalue weighted by Gasteiger charge is -2.21. The highest BCUT2D eigenvalue weighted by atomic mass is 32.1. The van der Waals surface area contributed by atoms with Crippen molar-refractivity contribution in [3.8, 4) is 5.75 Å². The molecule has 9 nitrogen and oxygen atoms in total. The highest BCUT2D eigenvalue weighted by Crippen LogP contribution is 2.08. The average molecular weight is 426 g/mol. The molecule has 0 saturated carbocycles. The number of aliphatic carboxylic acids is 1. The number of carboxylic acid groups (broad SMARTS) is 1. The van der Waals surface area contributed by atoms with Gasteiger partial charge in [0.25, 0.3) is 11.7 Å². The number of rotatable bonds is 14. The Morgan fingerprint density at radius 3 is 2.31 bits per heavy atom. The van der Waals surface area contributed by atoms with E-state index in [0.717, 1.165) is 0 Å². The fourth-order valence-electron chi connectivity index (χ4n) is 2.39. The Morgan fingerprint density at radius 2 is 1.72 bits per heavy atom. The number of carboxylic acids is 1. The summed E-state index contributed by atoms with van der Waals surface area (Å²) < 4.78 is 5.23. The molecule has 160 valence electrons. The van der Waals surface area contributed by atoms with Crippen LogP contribution in [0, 0.1) is 0 Å². The number of ketones is 1. The van der Waals surface area contributed by atoms with Gasteiger partial charge >= 0.3 is 5.97 Å². The zero-order chi connectivity index (χ0) is 21.6. The van der Waals surface area contributed by atoms with Gasteiger partial charge in [-0.1, -0.05) is 18.2 Å². The van der Waals surface area contributed by atoms with E-state index < -0.39 is 42.3 Å². The lowest BCUT2D eigenvalue weighted by atomic mass is 10.1. The number of unbranched alkanes of at least 4 members (excludes halogenated alkanes) is 1. The van der Waals surface area contributed by atoms with Crippen LogP contribution in [-0.2, 0) is 19.2 Å². The monoisotopic (exact) mass is 425 g/mol. The highest BCUT2D eigenvalue weighted by molar-refractivity contribution is 7.80. The Balaban J connectivity index is 2.62. The number of para-hydroxylation sites is 1. The molecule has 0 aliphatic carbocycles. The van der Waals surface area contributed by atoms with E-state index in [1.807, 2.05) is 0 Å². The number of benzene rings is 1. The Labute approximate surface area is 174 Å². The second-order valence-corrected chi connectivity index (χ2v) is 6.69. The molecule has 10 heteroatoms. The van der Waals surface area contributed by atoms with Gasteiger partial charge in [0.1, 0.15) is 17.8 Å². The molecule has 0 unspecified atom stereocenters. The fourth-order valence-corrected chi connectivity index (χ4v) is 2.65. The van der Waals surface area contributed by atoms with Crippen LogP contribution in [0.1, 0.15) is 25.7 Å². The van der Waals surface area contributed by atoms with Gasteiger partial charge in [0.2, 0.25) is 5.91 Å². The van der Waals surface area contributed by atoms with E-state index in [0.29, 0.717) is 25.1 Å². The number of hydrogen-bond acceptors (Lipinski definition) is 7. The lowest BCUT2D eigenvalue weighted by Crippen LogP contribution is -2.53. The van der Waals surface area contributed by atoms with Crippen LogP contribution in [0.4, 0.5) is 0 Å². The summed E-state index contributed by atoms with van der Waals surface area (Å²) in [7, 11) is 0. The molecule has 0 aliphatic rings. The predicted octanol–water partition coefficient (Wildman–Crippen LogP) is 0.138. The van der Waals surface area contributed by atoms with E-state index in [1.54, 1.807) is 30.3 Å². The van der Waals surface area contributed by atoms with Crippen LogP contribution in [0.25, 0.3) is 0 Å². The normalized spacial score (nSPS) is 12.5. The lowest BCUT2D eigenvalue weighted by molar-refractivity contribution is -0.143. The third-order valence-corrected chi connectivity index (χ3v) is 4.23. The van der Waals surface area contributed by atoms with E-state index >= 15 is 0 Å². The first-order valence-electron chi connectivity index (χ1n) is 9.24. The van der Waals surface area contributed by atoms with Gasteiger partial charge in [0, 0.05) is 0 Å². The Morgan fingerprint density at radius 1 is 1.03 bits per heavy atom. The first kappa shape index (κ1) is 24.4. The van der Waals surface area contributed by atoms with Crippen LogP contribution in [0.2, 0.25) is 0 Å². The largest absolute Gasteiger partial charge is 0.485 e. The van der Waals surface area contributed by atoms with E-state index in [-0.39, 0.29) is 18.6 Å². The van der Waals surface area contributed by atoms with Crippen molar-refractivity contribution >= 4 is 36.2 Å². The van der Waals surface area contributed by atoms with Crippen molar-refractivity contribution in [1.29, 1.82) is 0 Å².